The molecule has 2 saturated heterocycles. The summed E-state index contributed by atoms with van der Waals surface area (Å²) in [6.07, 6.45) is 12.8. The van der Waals surface area contributed by atoms with Crippen LogP contribution in [-0.4, -0.2) is 174 Å². The summed E-state index contributed by atoms with van der Waals surface area (Å²) in [5, 5.41) is 23.8. The van der Waals surface area contributed by atoms with Crippen LogP contribution in [0.3, 0.4) is 0 Å². The molecule has 1 amide bonds. The Bertz CT molecular complexity index is 1950. The number of carbonyl (C=O) groups is 5. The third-order valence-electron chi connectivity index (χ3n) is 16.0. The van der Waals surface area contributed by atoms with E-state index in [2.05, 4.69) is 0 Å². The molecule has 3 aliphatic heterocycles. The van der Waals surface area contributed by atoms with Crippen LogP contribution < -0.4 is 0 Å². The van der Waals surface area contributed by atoms with E-state index in [0.29, 0.717) is 83.6 Å². The fourth-order valence-corrected chi connectivity index (χ4v) is 11.1. The first-order chi connectivity index (χ1) is 36.3. The average molecular weight is 1070 g/mol. The Morgan fingerprint density at radius 2 is 1.51 bits per heavy atom. The average Bonchev–Trinajstić information content (AvgIpc) is 3.40. The zero-order valence-corrected chi connectivity index (χ0v) is 47.7. The smallest absolute Gasteiger partial charge is 0.329 e. The second kappa shape index (κ2) is 33.2. The van der Waals surface area contributed by atoms with Crippen molar-refractivity contribution in [1.29, 1.82) is 0 Å². The van der Waals surface area contributed by atoms with Gasteiger partial charge >= 0.3 is 5.97 Å². The highest BCUT2D eigenvalue weighted by atomic mass is 16.6. The zero-order valence-electron chi connectivity index (χ0n) is 47.7. The third-order valence-corrected chi connectivity index (χ3v) is 16.0. The maximum absolute atomic E-state index is 14.6. The Morgan fingerprint density at radius 3 is 2.22 bits per heavy atom. The van der Waals surface area contributed by atoms with Crippen LogP contribution in [0.4, 0.5) is 0 Å². The number of methoxy groups -OCH3 is 4. The van der Waals surface area contributed by atoms with Gasteiger partial charge in [0.05, 0.1) is 50.8 Å². The van der Waals surface area contributed by atoms with Gasteiger partial charge in [-0.2, -0.15) is 0 Å². The topological polar surface area (TPSA) is 212 Å². The van der Waals surface area contributed by atoms with Gasteiger partial charge in [-0.3, -0.25) is 19.2 Å². The zero-order chi connectivity index (χ0) is 56.0. The predicted molar refractivity (Wildman–Crippen MR) is 287 cm³/mol. The van der Waals surface area contributed by atoms with Crippen molar-refractivity contribution in [1.82, 2.24) is 4.90 Å². The van der Waals surface area contributed by atoms with Crippen molar-refractivity contribution in [2.24, 2.45) is 35.5 Å². The standard InChI is InChI=1S/C59H95NO16/c1-38-18-13-12-14-19-39(2)50(74-31-30-72-29-28-69-9)36-46-23-21-44(7)59(67,76-46)56(64)57(65)60-25-16-15-20-47(60)58(66)75-51(41(4)34-45-22-24-49(52(35-45)70-10)73-27-17-26-68-8)37-48(61)40(3)33-43(6)54(63)55(71-11)53(62)42(5)32-38/h12-14,18-19,33,38,40-42,44-47,49-52,54-55,63,67H,15-17,20-32,34-37H2,1-11H3/b14-12+,18-13+,39-19+,43-33+/t38-,40-,41-,42-,44-,45+,46+,47+,49-,50?,51+,52-,54-,55+,59-/m1/s1. The lowest BCUT2D eigenvalue weighted by molar-refractivity contribution is -0.266. The Kier molecular flexibility index (Phi) is 28.4. The number of fused-ring (bicyclic) bond motifs is 3. The van der Waals surface area contributed by atoms with Crippen LogP contribution in [0.25, 0.3) is 0 Å². The second-order valence-corrected chi connectivity index (χ2v) is 22.0. The van der Waals surface area contributed by atoms with Crippen LogP contribution in [0.2, 0.25) is 0 Å². The number of ether oxygens (including phenoxy) is 9. The van der Waals surface area contributed by atoms with E-state index >= 15 is 0 Å². The van der Waals surface area contributed by atoms with Gasteiger partial charge in [0.2, 0.25) is 5.79 Å². The van der Waals surface area contributed by atoms with Crippen LogP contribution in [0.5, 0.6) is 0 Å². The molecule has 0 aromatic carbocycles. The van der Waals surface area contributed by atoms with Crippen molar-refractivity contribution in [2.75, 3.05) is 74.6 Å². The lowest BCUT2D eigenvalue weighted by Gasteiger charge is -2.43. The number of piperidine rings is 1. The van der Waals surface area contributed by atoms with Crippen LogP contribution in [0.15, 0.2) is 47.6 Å². The molecule has 0 aromatic heterocycles. The van der Waals surface area contributed by atoms with E-state index in [9.17, 15) is 34.2 Å². The number of amides is 1. The first kappa shape index (κ1) is 65.0. The molecule has 3 fully saturated rings. The summed E-state index contributed by atoms with van der Waals surface area (Å²) in [6.45, 7) is 15.4. The van der Waals surface area contributed by atoms with E-state index < -0.39 is 77.8 Å². The number of allylic oxidation sites excluding steroid dienone is 6. The van der Waals surface area contributed by atoms with Gasteiger partial charge in [-0.15, -0.1) is 0 Å². The number of hydrogen-bond acceptors (Lipinski definition) is 16. The molecule has 2 bridgehead atoms. The Balaban J connectivity index is 1.69. The van der Waals surface area contributed by atoms with Gasteiger partial charge in [-0.05, 0) is 113 Å². The number of aliphatic hydroxyl groups is 2. The van der Waals surface area contributed by atoms with Crippen LogP contribution in [0, 0.1) is 35.5 Å². The summed E-state index contributed by atoms with van der Waals surface area (Å²) in [4.78, 5) is 73.0. The molecule has 4 aliphatic rings. The second-order valence-electron chi connectivity index (χ2n) is 22.0. The fourth-order valence-electron chi connectivity index (χ4n) is 11.1. The lowest BCUT2D eigenvalue weighted by Crippen LogP contribution is -2.61. The largest absolute Gasteiger partial charge is 0.460 e. The SMILES string of the molecule is COCCCO[C@@H]1CC[C@@H](C[C@@H](C)[C@@H]2CC(=O)[C@H](C)/C=C(\C)[C@@H](O)[C@@H](OC)C(=O)[C@H](C)C[C@H](C)/C=C/C=C/C=C(\C)C(OCCOCCOC)C[C@@H]3CC[C@@H](C)[C@@](O)(O3)C(=O)C(=O)N3CCCC[C@H]3C(=O)O2)C[C@H]1OC. The molecule has 432 valence electrons. The number of hydrogen-bond donors (Lipinski definition) is 2. The molecule has 3 heterocycles. The molecule has 17 heteroatoms. The summed E-state index contributed by atoms with van der Waals surface area (Å²) in [7, 11) is 6.32. The summed E-state index contributed by atoms with van der Waals surface area (Å²) in [6, 6.07) is -1.16. The molecule has 0 aromatic rings. The van der Waals surface area contributed by atoms with Gasteiger partial charge in [0.25, 0.3) is 11.7 Å². The molecule has 0 spiro atoms. The molecule has 0 radical (unpaired) electrons. The van der Waals surface area contributed by atoms with Crippen LogP contribution in [0.1, 0.15) is 132 Å². The predicted octanol–water partition coefficient (Wildman–Crippen LogP) is 7.27. The van der Waals surface area contributed by atoms with Gasteiger partial charge in [-0.25, -0.2) is 4.79 Å². The maximum Gasteiger partial charge on any atom is 0.329 e. The fraction of sp³-hybridized carbons (Fsp3) is 0.780. The Morgan fingerprint density at radius 1 is 0.776 bits per heavy atom. The minimum atomic E-state index is -2.47. The first-order valence-corrected chi connectivity index (χ1v) is 28.0. The molecule has 4 rings (SSSR count). The van der Waals surface area contributed by atoms with Crippen molar-refractivity contribution in [3.63, 3.8) is 0 Å². The third kappa shape index (κ3) is 19.4. The van der Waals surface area contributed by atoms with Crippen molar-refractivity contribution in [2.45, 2.75) is 186 Å². The molecule has 1 unspecified atom stereocenters. The lowest BCUT2D eigenvalue weighted by atomic mass is 9.78. The molecule has 1 saturated carbocycles. The quantitative estimate of drug-likeness (QED) is 0.0634. The molecule has 1 aliphatic carbocycles. The van der Waals surface area contributed by atoms with E-state index in [0.717, 1.165) is 24.8 Å². The molecule has 2 N–H and O–H groups in total. The number of esters is 1. The van der Waals surface area contributed by atoms with Gasteiger partial charge in [0, 0.05) is 78.8 Å². The number of ketones is 3. The van der Waals surface area contributed by atoms with E-state index in [1.807, 2.05) is 58.1 Å². The molecular weight excluding hydrogens is 979 g/mol. The molecule has 15 atom stereocenters. The summed E-state index contributed by atoms with van der Waals surface area (Å²) < 4.78 is 52.7. The number of cyclic esters (lactones) is 1. The number of aliphatic hydroxyl groups excluding tert-OH is 1. The van der Waals surface area contributed by atoms with Crippen molar-refractivity contribution >= 4 is 29.2 Å². The van der Waals surface area contributed by atoms with Crippen molar-refractivity contribution in [3.05, 3.63) is 47.6 Å². The van der Waals surface area contributed by atoms with E-state index in [4.69, 9.17) is 42.6 Å². The Hall–Kier alpha value is -3.49. The van der Waals surface area contributed by atoms with Gasteiger partial charge in [0.15, 0.2) is 5.78 Å². The highest BCUT2D eigenvalue weighted by Crippen LogP contribution is 2.38. The van der Waals surface area contributed by atoms with Crippen molar-refractivity contribution in [3.8, 4) is 0 Å². The van der Waals surface area contributed by atoms with Crippen LogP contribution in [-0.2, 0) is 66.6 Å². The van der Waals surface area contributed by atoms with E-state index in [1.54, 1.807) is 48.2 Å². The summed E-state index contributed by atoms with van der Waals surface area (Å²) in [5.74, 6) is -8.04. The van der Waals surface area contributed by atoms with Gasteiger partial charge in [-0.1, -0.05) is 71.1 Å². The minimum absolute atomic E-state index is 0.00565. The van der Waals surface area contributed by atoms with E-state index in [1.165, 1.54) is 12.0 Å². The van der Waals surface area contributed by atoms with Crippen molar-refractivity contribution < 1.29 is 76.8 Å². The molecule has 17 nitrogen and oxygen atoms in total. The highest BCUT2D eigenvalue weighted by Gasteiger charge is 2.53. The number of Topliss-reactive ketones (excluding diaryl/α,β-unsaturated/α-hetero) is 3. The minimum Gasteiger partial charge on any atom is -0.460 e. The monoisotopic (exact) mass is 1070 g/mol. The van der Waals surface area contributed by atoms with Gasteiger partial charge in [0.1, 0.15) is 30.1 Å². The summed E-state index contributed by atoms with van der Waals surface area (Å²) >= 11 is 0. The first-order valence-electron chi connectivity index (χ1n) is 28.0. The molecular formula is C59H95NO16. The van der Waals surface area contributed by atoms with Gasteiger partial charge < -0.3 is 57.7 Å². The highest BCUT2D eigenvalue weighted by molar-refractivity contribution is 6.39. The van der Waals surface area contributed by atoms with Crippen LogP contribution >= 0.6 is 0 Å². The summed E-state index contributed by atoms with van der Waals surface area (Å²) in [5.41, 5.74) is 1.24. The number of carbonyl (C=O) groups excluding carboxylic acids is 5. The van der Waals surface area contributed by atoms with E-state index in [-0.39, 0.29) is 73.9 Å². The maximum atomic E-state index is 14.6. The molecule has 76 heavy (non-hydrogen) atoms. The number of nitrogens with zero attached hydrogens (tertiary/aromatic N) is 1. The Labute approximate surface area is 453 Å². The number of rotatable bonds is 17. The normalized spacial score (nSPS) is 36.3.